The summed E-state index contributed by atoms with van der Waals surface area (Å²) in [6.07, 6.45) is 1.09. The van der Waals surface area contributed by atoms with Crippen molar-refractivity contribution in [3.8, 4) is 5.75 Å². The number of anilines is 2. The highest BCUT2D eigenvalue weighted by molar-refractivity contribution is 7.12. The largest absolute Gasteiger partial charge is 0.497 e. The number of benzene rings is 1. The summed E-state index contributed by atoms with van der Waals surface area (Å²) in [6.45, 7) is 2.98. The predicted octanol–water partition coefficient (Wildman–Crippen LogP) is 3.51. The van der Waals surface area contributed by atoms with Gasteiger partial charge in [-0.25, -0.2) is 0 Å². The number of hydrogen-bond acceptors (Lipinski definition) is 4. The third kappa shape index (κ3) is 2.96. The number of thiophene rings is 1. The molecule has 1 aromatic carbocycles. The number of rotatable bonds is 5. The van der Waals surface area contributed by atoms with E-state index in [1.54, 1.807) is 7.11 Å². The maximum Gasteiger partial charge on any atom is 0.121 e. The van der Waals surface area contributed by atoms with E-state index in [-0.39, 0.29) is 0 Å². The zero-order chi connectivity index (χ0) is 13.0. The monoisotopic (exact) mass is 262 g/mol. The highest BCUT2D eigenvalue weighted by Crippen LogP contribution is 2.25. The second-order valence-electron chi connectivity index (χ2n) is 4.03. The molecule has 0 bridgehead atoms. The molecule has 0 fully saturated rings. The third-order valence-electron chi connectivity index (χ3n) is 2.78. The number of ether oxygens (including phenoxy) is 1. The van der Waals surface area contributed by atoms with Gasteiger partial charge in [0.1, 0.15) is 5.75 Å². The van der Waals surface area contributed by atoms with Crippen molar-refractivity contribution in [2.24, 2.45) is 0 Å². The highest BCUT2D eigenvalue weighted by atomic mass is 32.1. The number of nitrogens with two attached hydrogens (primary N) is 1. The molecule has 0 aliphatic heterocycles. The van der Waals surface area contributed by atoms with Gasteiger partial charge in [0.05, 0.1) is 18.5 Å². The Labute approximate surface area is 112 Å². The van der Waals surface area contributed by atoms with E-state index in [4.69, 9.17) is 10.5 Å². The normalized spacial score (nSPS) is 10.3. The quantitative estimate of drug-likeness (QED) is 0.811. The minimum Gasteiger partial charge on any atom is -0.497 e. The Morgan fingerprint density at radius 1 is 1.22 bits per heavy atom. The Balaban J connectivity index is 2.01. The second kappa shape index (κ2) is 5.78. The smallest absolute Gasteiger partial charge is 0.121 e. The molecule has 0 aliphatic carbocycles. The van der Waals surface area contributed by atoms with Crippen LogP contribution in [0.3, 0.4) is 0 Å². The van der Waals surface area contributed by atoms with Gasteiger partial charge in [-0.2, -0.15) is 0 Å². The molecule has 0 spiro atoms. The van der Waals surface area contributed by atoms with E-state index in [2.05, 4.69) is 24.4 Å². The van der Waals surface area contributed by atoms with Crippen LogP contribution >= 0.6 is 11.3 Å². The fourth-order valence-corrected chi connectivity index (χ4v) is 2.62. The van der Waals surface area contributed by atoms with Crippen LogP contribution in [0.5, 0.6) is 5.75 Å². The summed E-state index contributed by atoms with van der Waals surface area (Å²) in [5.74, 6) is 0.780. The SMILES string of the molecule is CCc1ccc(CNc2ccc(OC)cc2N)s1. The molecule has 18 heavy (non-hydrogen) atoms. The molecule has 2 rings (SSSR count). The lowest BCUT2D eigenvalue weighted by atomic mass is 10.2. The zero-order valence-electron chi connectivity index (χ0n) is 10.7. The van der Waals surface area contributed by atoms with E-state index in [1.165, 1.54) is 9.75 Å². The maximum atomic E-state index is 5.95. The number of nitrogens with one attached hydrogen (secondary N) is 1. The summed E-state index contributed by atoms with van der Waals surface area (Å²) < 4.78 is 5.12. The van der Waals surface area contributed by atoms with E-state index >= 15 is 0 Å². The van der Waals surface area contributed by atoms with Crippen molar-refractivity contribution in [3.05, 3.63) is 40.1 Å². The first-order chi connectivity index (χ1) is 8.72. The maximum absolute atomic E-state index is 5.95. The molecule has 1 aromatic heterocycles. The van der Waals surface area contributed by atoms with Gasteiger partial charge >= 0.3 is 0 Å². The molecule has 3 N–H and O–H groups in total. The van der Waals surface area contributed by atoms with Crippen LogP contribution in [-0.2, 0) is 13.0 Å². The molecule has 0 amide bonds. The topological polar surface area (TPSA) is 47.3 Å². The lowest BCUT2D eigenvalue weighted by Crippen LogP contribution is -2.01. The highest BCUT2D eigenvalue weighted by Gasteiger charge is 2.02. The molecule has 2 aromatic rings. The van der Waals surface area contributed by atoms with Gasteiger partial charge in [-0.1, -0.05) is 6.92 Å². The van der Waals surface area contributed by atoms with Gasteiger partial charge in [0.25, 0.3) is 0 Å². The van der Waals surface area contributed by atoms with Crippen LogP contribution in [-0.4, -0.2) is 7.11 Å². The third-order valence-corrected chi connectivity index (χ3v) is 4.01. The molecule has 0 atom stereocenters. The van der Waals surface area contributed by atoms with Crippen molar-refractivity contribution < 1.29 is 4.74 Å². The molecule has 0 radical (unpaired) electrons. The van der Waals surface area contributed by atoms with E-state index in [9.17, 15) is 0 Å². The standard InChI is InChI=1S/C14H18N2OS/c1-3-11-5-6-12(18-11)9-16-14-7-4-10(17-2)8-13(14)15/h4-8,16H,3,9,15H2,1-2H3. The second-order valence-corrected chi connectivity index (χ2v) is 5.28. The molecule has 0 saturated heterocycles. The fraction of sp³-hybridized carbons (Fsp3) is 0.286. The van der Waals surface area contributed by atoms with Crippen molar-refractivity contribution in [2.75, 3.05) is 18.2 Å². The number of nitrogen functional groups attached to an aromatic ring is 1. The first-order valence-corrected chi connectivity index (χ1v) is 6.79. The summed E-state index contributed by atoms with van der Waals surface area (Å²) in [6, 6.07) is 10.0. The zero-order valence-corrected chi connectivity index (χ0v) is 11.5. The van der Waals surface area contributed by atoms with Crippen molar-refractivity contribution >= 4 is 22.7 Å². The summed E-state index contributed by atoms with van der Waals surface area (Å²) >= 11 is 1.84. The molecule has 4 heteroatoms. The Hall–Kier alpha value is -1.68. The Morgan fingerprint density at radius 2 is 2.00 bits per heavy atom. The van der Waals surface area contributed by atoms with Gasteiger partial charge in [-0.15, -0.1) is 11.3 Å². The van der Waals surface area contributed by atoms with Crippen LogP contribution < -0.4 is 15.8 Å². The van der Waals surface area contributed by atoms with Gasteiger partial charge in [0.2, 0.25) is 0 Å². The van der Waals surface area contributed by atoms with Crippen LogP contribution in [0, 0.1) is 0 Å². The molecular weight excluding hydrogens is 244 g/mol. The minimum absolute atomic E-state index is 0.710. The molecule has 0 aliphatic rings. The van der Waals surface area contributed by atoms with Crippen LogP contribution in [0.2, 0.25) is 0 Å². The predicted molar refractivity (Wildman–Crippen MR) is 78.4 cm³/mol. The average Bonchev–Trinajstić information content (AvgIpc) is 2.85. The molecule has 96 valence electrons. The molecular formula is C14H18N2OS. The molecule has 1 heterocycles. The number of methoxy groups -OCH3 is 1. The Bertz CT molecular complexity index is 522. The molecule has 0 unspecified atom stereocenters. The van der Waals surface area contributed by atoms with Crippen LogP contribution in [0.1, 0.15) is 16.7 Å². The Morgan fingerprint density at radius 3 is 2.61 bits per heavy atom. The van der Waals surface area contributed by atoms with Gasteiger partial charge < -0.3 is 15.8 Å². The minimum atomic E-state index is 0.710. The van der Waals surface area contributed by atoms with Crippen molar-refractivity contribution in [3.63, 3.8) is 0 Å². The summed E-state index contributed by atoms with van der Waals surface area (Å²) in [4.78, 5) is 2.73. The van der Waals surface area contributed by atoms with Gasteiger partial charge in [-0.05, 0) is 30.7 Å². The van der Waals surface area contributed by atoms with Crippen LogP contribution in [0.15, 0.2) is 30.3 Å². The fourth-order valence-electron chi connectivity index (χ4n) is 1.72. The van der Waals surface area contributed by atoms with E-state index in [0.717, 1.165) is 24.4 Å². The van der Waals surface area contributed by atoms with Crippen molar-refractivity contribution in [1.82, 2.24) is 0 Å². The number of aryl methyl sites for hydroxylation is 1. The van der Waals surface area contributed by atoms with E-state index < -0.39 is 0 Å². The molecule has 3 nitrogen and oxygen atoms in total. The molecule has 0 saturated carbocycles. The average molecular weight is 262 g/mol. The lowest BCUT2D eigenvalue weighted by molar-refractivity contribution is 0.415. The van der Waals surface area contributed by atoms with Crippen molar-refractivity contribution in [2.45, 2.75) is 19.9 Å². The van der Waals surface area contributed by atoms with Crippen LogP contribution in [0.25, 0.3) is 0 Å². The first-order valence-electron chi connectivity index (χ1n) is 5.98. The lowest BCUT2D eigenvalue weighted by Gasteiger charge is -2.09. The van der Waals surface area contributed by atoms with Crippen LogP contribution in [0.4, 0.5) is 11.4 Å². The summed E-state index contributed by atoms with van der Waals surface area (Å²) in [5.41, 5.74) is 7.61. The van der Waals surface area contributed by atoms with Gasteiger partial charge in [0.15, 0.2) is 0 Å². The first kappa shape index (κ1) is 12.8. The summed E-state index contributed by atoms with van der Waals surface area (Å²) in [7, 11) is 1.64. The number of hydrogen-bond donors (Lipinski definition) is 2. The Kier molecular flexibility index (Phi) is 4.10. The van der Waals surface area contributed by atoms with Gasteiger partial charge in [0, 0.05) is 22.4 Å². The van der Waals surface area contributed by atoms with Gasteiger partial charge in [-0.3, -0.25) is 0 Å². The van der Waals surface area contributed by atoms with E-state index in [1.807, 2.05) is 29.5 Å². The van der Waals surface area contributed by atoms with E-state index in [0.29, 0.717) is 5.69 Å². The summed E-state index contributed by atoms with van der Waals surface area (Å²) in [5, 5.41) is 3.35. The van der Waals surface area contributed by atoms with Crippen molar-refractivity contribution in [1.29, 1.82) is 0 Å².